The number of unbranched alkanes of at least 4 members (excludes halogenated alkanes) is 23. The highest BCUT2D eigenvalue weighted by Crippen LogP contribution is 2.15. The highest BCUT2D eigenvalue weighted by molar-refractivity contribution is 5.70. The van der Waals surface area contributed by atoms with Crippen molar-refractivity contribution in [3.05, 3.63) is 24.3 Å². The van der Waals surface area contributed by atoms with Crippen LogP contribution in [0.3, 0.4) is 0 Å². The molecule has 0 bridgehead atoms. The normalized spacial score (nSPS) is 13.1. The fourth-order valence-corrected chi connectivity index (χ4v) is 6.72. The van der Waals surface area contributed by atoms with E-state index in [1.165, 1.54) is 116 Å². The smallest absolute Gasteiger partial charge is 0.306 e. The molecule has 0 saturated heterocycles. The van der Waals surface area contributed by atoms with Crippen molar-refractivity contribution in [1.29, 1.82) is 0 Å². The molecule has 0 amide bonds. The molecule has 0 aliphatic rings. The predicted octanol–water partition coefficient (Wildman–Crippen LogP) is 11.1. The van der Waals surface area contributed by atoms with E-state index in [-0.39, 0.29) is 42.7 Å². The van der Waals surface area contributed by atoms with E-state index in [1.54, 1.807) is 21.1 Å². The second kappa shape index (κ2) is 38.7. The van der Waals surface area contributed by atoms with Crippen LogP contribution in [-0.2, 0) is 28.6 Å². The molecule has 2 unspecified atom stereocenters. The fourth-order valence-electron chi connectivity index (χ4n) is 6.72. The van der Waals surface area contributed by atoms with Crippen molar-refractivity contribution in [2.24, 2.45) is 0 Å². The quantitative estimate of drug-likeness (QED) is 0.0264. The highest BCUT2D eigenvalue weighted by atomic mass is 16.6. The van der Waals surface area contributed by atoms with Crippen LogP contribution in [0.25, 0.3) is 0 Å². The summed E-state index contributed by atoms with van der Waals surface area (Å²) in [6.07, 6.45) is 42.1. The third-order valence-electron chi connectivity index (χ3n) is 10.3. The number of carbonyl (C=O) groups is 3. The first-order valence-corrected chi connectivity index (χ1v) is 22.9. The number of rotatable bonds is 41. The zero-order valence-electron chi connectivity index (χ0n) is 36.6. The van der Waals surface area contributed by atoms with E-state index in [0.717, 1.165) is 57.8 Å². The Kier molecular flexibility index (Phi) is 37.1. The SMILES string of the molecule is CCC/C=C\CCCCCCCC(=O)OCC(COCCC(C(=O)[O-])[N+](C)(C)C)OC(=O)CCCCCCCCCCC/C=C\CCCCCCCCCC. The maximum absolute atomic E-state index is 12.7. The van der Waals surface area contributed by atoms with E-state index in [4.69, 9.17) is 14.2 Å². The molecule has 55 heavy (non-hydrogen) atoms. The number of allylic oxidation sites excluding steroid dienone is 4. The van der Waals surface area contributed by atoms with Gasteiger partial charge < -0.3 is 28.6 Å². The number of likely N-dealkylation sites (N-methyl/N-ethyl adjacent to an activating group) is 1. The molecule has 8 heteroatoms. The number of carboxylic acids is 1. The van der Waals surface area contributed by atoms with E-state index >= 15 is 0 Å². The molecule has 0 heterocycles. The lowest BCUT2D eigenvalue weighted by Gasteiger charge is -2.34. The van der Waals surface area contributed by atoms with Gasteiger partial charge >= 0.3 is 11.9 Å². The predicted molar refractivity (Wildman–Crippen MR) is 227 cm³/mol. The lowest BCUT2D eigenvalue weighted by atomic mass is 10.1. The minimum absolute atomic E-state index is 0.0399. The summed E-state index contributed by atoms with van der Waals surface area (Å²) in [5.74, 6) is -1.74. The van der Waals surface area contributed by atoms with E-state index in [9.17, 15) is 19.5 Å². The first kappa shape index (κ1) is 52.8. The van der Waals surface area contributed by atoms with Crippen LogP contribution < -0.4 is 5.11 Å². The Morgan fingerprint density at radius 1 is 0.527 bits per heavy atom. The number of aliphatic carboxylic acids is 1. The summed E-state index contributed by atoms with van der Waals surface area (Å²) in [6, 6.07) is -0.724. The molecular formula is C47H87NO7. The summed E-state index contributed by atoms with van der Waals surface area (Å²) in [5, 5.41) is 11.6. The molecule has 0 aliphatic carbocycles. The van der Waals surface area contributed by atoms with Gasteiger partial charge in [-0.25, -0.2) is 0 Å². The number of esters is 2. The van der Waals surface area contributed by atoms with Crippen molar-refractivity contribution in [3.8, 4) is 0 Å². The van der Waals surface area contributed by atoms with E-state index in [2.05, 4.69) is 38.2 Å². The Morgan fingerprint density at radius 2 is 0.945 bits per heavy atom. The lowest BCUT2D eigenvalue weighted by Crippen LogP contribution is -2.55. The summed E-state index contributed by atoms with van der Waals surface area (Å²) in [5.41, 5.74) is 0. The molecule has 322 valence electrons. The first-order chi connectivity index (χ1) is 26.6. The Morgan fingerprint density at radius 3 is 1.38 bits per heavy atom. The lowest BCUT2D eigenvalue weighted by molar-refractivity contribution is -0.889. The number of hydrogen-bond acceptors (Lipinski definition) is 7. The van der Waals surface area contributed by atoms with Gasteiger partial charge in [0.15, 0.2) is 6.10 Å². The van der Waals surface area contributed by atoms with E-state index in [1.807, 2.05) is 0 Å². The Hall–Kier alpha value is -2.19. The second-order valence-electron chi connectivity index (χ2n) is 16.6. The molecule has 0 spiro atoms. The summed E-state index contributed by atoms with van der Waals surface area (Å²) in [6.45, 7) is 4.60. The molecule has 0 aromatic heterocycles. The molecule has 0 fully saturated rings. The number of ether oxygens (including phenoxy) is 3. The van der Waals surface area contributed by atoms with E-state index < -0.39 is 18.1 Å². The average Bonchev–Trinajstić information content (AvgIpc) is 3.14. The van der Waals surface area contributed by atoms with Crippen LogP contribution in [0, 0.1) is 0 Å². The summed E-state index contributed by atoms with van der Waals surface area (Å²) < 4.78 is 17.1. The minimum Gasteiger partial charge on any atom is -0.544 e. The number of quaternary nitrogens is 1. The summed E-state index contributed by atoms with van der Waals surface area (Å²) in [4.78, 5) is 36.8. The van der Waals surface area contributed by atoms with Gasteiger partial charge in [-0.2, -0.15) is 0 Å². The molecule has 0 N–H and O–H groups in total. The van der Waals surface area contributed by atoms with Gasteiger partial charge in [-0.3, -0.25) is 9.59 Å². The summed E-state index contributed by atoms with van der Waals surface area (Å²) >= 11 is 0. The number of carboxylic acid groups (broad SMARTS) is 1. The van der Waals surface area contributed by atoms with Gasteiger partial charge in [-0.05, 0) is 57.8 Å². The van der Waals surface area contributed by atoms with Crippen molar-refractivity contribution < 1.29 is 38.2 Å². The maximum atomic E-state index is 12.7. The van der Waals surface area contributed by atoms with Crippen LogP contribution in [0.1, 0.15) is 206 Å². The van der Waals surface area contributed by atoms with Crippen molar-refractivity contribution >= 4 is 17.9 Å². The van der Waals surface area contributed by atoms with Gasteiger partial charge in [0.1, 0.15) is 12.6 Å². The van der Waals surface area contributed by atoms with Crippen LogP contribution in [-0.4, -0.2) is 75.5 Å². The van der Waals surface area contributed by atoms with E-state index in [0.29, 0.717) is 12.8 Å². The zero-order valence-corrected chi connectivity index (χ0v) is 36.6. The van der Waals surface area contributed by atoms with Crippen LogP contribution in [0.2, 0.25) is 0 Å². The molecule has 0 aromatic rings. The van der Waals surface area contributed by atoms with Gasteiger partial charge in [0, 0.05) is 19.3 Å². The standard InChI is InChI=1S/C47H87NO7/c1-6-8-10-12-14-16-18-19-20-21-22-23-24-25-26-27-28-30-32-34-36-38-46(50)55-43(41-53-40-39-44(47(51)52)48(3,4)5)42-54-45(49)37-35-33-31-29-17-15-13-11-9-7-2/h11,13,21-22,43-44H,6-10,12,14-20,23-42H2,1-5H3/b13-11-,22-21-. The first-order valence-electron chi connectivity index (χ1n) is 22.9. The number of nitrogens with zero attached hydrogens (tertiary/aromatic N) is 1. The average molecular weight is 778 g/mol. The molecule has 0 aliphatic heterocycles. The van der Waals surface area contributed by atoms with Gasteiger partial charge in [-0.1, -0.05) is 154 Å². The van der Waals surface area contributed by atoms with Gasteiger partial charge in [-0.15, -0.1) is 0 Å². The Bertz CT molecular complexity index is 957. The maximum Gasteiger partial charge on any atom is 0.306 e. The van der Waals surface area contributed by atoms with Crippen molar-refractivity contribution in [2.75, 3.05) is 41.0 Å². The Labute approximate surface area is 339 Å². The molecule has 8 nitrogen and oxygen atoms in total. The van der Waals surface area contributed by atoms with Crippen molar-refractivity contribution in [2.45, 2.75) is 219 Å². The fraction of sp³-hybridized carbons (Fsp3) is 0.851. The molecule has 0 saturated carbocycles. The molecular weight excluding hydrogens is 691 g/mol. The Balaban J connectivity index is 4.23. The third kappa shape index (κ3) is 37.2. The van der Waals surface area contributed by atoms with Crippen molar-refractivity contribution in [1.82, 2.24) is 0 Å². The molecule has 0 aromatic carbocycles. The molecule has 2 atom stereocenters. The van der Waals surface area contributed by atoms with Crippen LogP contribution in [0.4, 0.5) is 0 Å². The topological polar surface area (TPSA) is 102 Å². The van der Waals surface area contributed by atoms with Crippen LogP contribution in [0.5, 0.6) is 0 Å². The van der Waals surface area contributed by atoms with Crippen molar-refractivity contribution in [3.63, 3.8) is 0 Å². The third-order valence-corrected chi connectivity index (χ3v) is 10.3. The number of carbonyl (C=O) groups excluding carboxylic acids is 3. The number of hydrogen-bond donors (Lipinski definition) is 0. The van der Waals surface area contributed by atoms with Crippen LogP contribution in [0.15, 0.2) is 24.3 Å². The van der Waals surface area contributed by atoms with Gasteiger partial charge in [0.2, 0.25) is 0 Å². The second-order valence-corrected chi connectivity index (χ2v) is 16.6. The van der Waals surface area contributed by atoms with Crippen LogP contribution >= 0.6 is 0 Å². The monoisotopic (exact) mass is 778 g/mol. The minimum atomic E-state index is -1.13. The zero-order chi connectivity index (χ0) is 40.7. The molecule has 0 rings (SSSR count). The largest absolute Gasteiger partial charge is 0.544 e. The molecule has 0 radical (unpaired) electrons. The van der Waals surface area contributed by atoms with Gasteiger partial charge in [0.05, 0.1) is 40.3 Å². The van der Waals surface area contributed by atoms with Gasteiger partial charge in [0.25, 0.3) is 0 Å². The summed E-state index contributed by atoms with van der Waals surface area (Å²) in [7, 11) is 5.40. The highest BCUT2D eigenvalue weighted by Gasteiger charge is 2.25.